The highest BCUT2D eigenvalue weighted by Gasteiger charge is 2.40. The molecule has 4 rings (SSSR count). The quantitative estimate of drug-likeness (QED) is 0.905. The average Bonchev–Trinajstić information content (AvgIpc) is 3.40. The zero-order valence-corrected chi connectivity index (χ0v) is 13.8. The van der Waals surface area contributed by atoms with Gasteiger partial charge in [0.15, 0.2) is 0 Å². The molecule has 120 valence electrons. The zero-order valence-electron chi connectivity index (χ0n) is 13.8. The third-order valence-electron chi connectivity index (χ3n) is 5.36. The maximum Gasteiger partial charge on any atom is 0.224 e. The standard InChI is InChI=1S/C20H24N2O/c1-13-11-20(16-3-4-16)22(14(2)23)19-6-5-17(12-18(13)19)15-7-9-21-10-8-15/h5-7,12,16,20-21H,1,3-4,8-11H2,2H3. The Balaban J connectivity index is 1.75. The summed E-state index contributed by atoms with van der Waals surface area (Å²) in [6, 6.07) is 6.87. The van der Waals surface area contributed by atoms with Crippen molar-refractivity contribution in [3.63, 3.8) is 0 Å². The van der Waals surface area contributed by atoms with Crippen molar-refractivity contribution in [1.82, 2.24) is 5.32 Å². The molecule has 1 aromatic rings. The van der Waals surface area contributed by atoms with E-state index in [0.29, 0.717) is 12.0 Å². The van der Waals surface area contributed by atoms with Gasteiger partial charge in [0.05, 0.1) is 5.69 Å². The third kappa shape index (κ3) is 2.63. The summed E-state index contributed by atoms with van der Waals surface area (Å²) in [4.78, 5) is 14.3. The Morgan fingerprint density at radius 1 is 1.35 bits per heavy atom. The lowest BCUT2D eigenvalue weighted by Crippen LogP contribution is -2.43. The topological polar surface area (TPSA) is 32.3 Å². The summed E-state index contributed by atoms with van der Waals surface area (Å²) in [5, 5.41) is 3.36. The van der Waals surface area contributed by atoms with Crippen LogP contribution in [0.25, 0.3) is 11.1 Å². The van der Waals surface area contributed by atoms with Crippen molar-refractivity contribution in [2.24, 2.45) is 5.92 Å². The molecule has 0 spiro atoms. The van der Waals surface area contributed by atoms with Crippen LogP contribution in [0.3, 0.4) is 0 Å². The van der Waals surface area contributed by atoms with Crippen LogP contribution in [-0.4, -0.2) is 25.0 Å². The van der Waals surface area contributed by atoms with E-state index in [-0.39, 0.29) is 5.91 Å². The van der Waals surface area contributed by atoms with Crippen LogP contribution in [0.2, 0.25) is 0 Å². The number of carbonyl (C=O) groups excluding carboxylic acids is 1. The molecule has 2 heterocycles. The van der Waals surface area contributed by atoms with Crippen LogP contribution in [-0.2, 0) is 4.79 Å². The summed E-state index contributed by atoms with van der Waals surface area (Å²) in [6.45, 7) is 7.99. The molecule has 0 aromatic heterocycles. The van der Waals surface area contributed by atoms with Gasteiger partial charge in [0.25, 0.3) is 0 Å². The molecule has 1 fully saturated rings. The number of amides is 1. The fraction of sp³-hybridized carbons (Fsp3) is 0.450. The predicted molar refractivity (Wildman–Crippen MR) is 95.2 cm³/mol. The molecule has 1 aliphatic carbocycles. The Kier molecular flexibility index (Phi) is 3.61. The Morgan fingerprint density at radius 3 is 2.83 bits per heavy atom. The number of fused-ring (bicyclic) bond motifs is 1. The second-order valence-corrected chi connectivity index (χ2v) is 7.02. The first kappa shape index (κ1) is 14.7. The molecule has 3 aliphatic rings. The van der Waals surface area contributed by atoms with Gasteiger partial charge in [-0.3, -0.25) is 4.79 Å². The largest absolute Gasteiger partial charge is 0.313 e. The summed E-state index contributed by atoms with van der Waals surface area (Å²) in [5.41, 5.74) is 6.08. The van der Waals surface area contributed by atoms with Crippen LogP contribution in [0.4, 0.5) is 5.69 Å². The van der Waals surface area contributed by atoms with Crippen LogP contribution < -0.4 is 10.2 Å². The van der Waals surface area contributed by atoms with Gasteiger partial charge >= 0.3 is 0 Å². The molecule has 1 saturated carbocycles. The Hall–Kier alpha value is -1.87. The maximum atomic E-state index is 12.3. The van der Waals surface area contributed by atoms with E-state index in [1.807, 2.05) is 4.90 Å². The highest BCUT2D eigenvalue weighted by atomic mass is 16.2. The van der Waals surface area contributed by atoms with E-state index in [9.17, 15) is 4.79 Å². The number of anilines is 1. The van der Waals surface area contributed by atoms with E-state index in [2.05, 4.69) is 36.2 Å². The summed E-state index contributed by atoms with van der Waals surface area (Å²) >= 11 is 0. The fourth-order valence-electron chi connectivity index (χ4n) is 4.01. The minimum Gasteiger partial charge on any atom is -0.313 e. The van der Waals surface area contributed by atoms with E-state index < -0.39 is 0 Å². The first-order valence-corrected chi connectivity index (χ1v) is 8.67. The van der Waals surface area contributed by atoms with Crippen LogP contribution in [0.15, 0.2) is 30.9 Å². The van der Waals surface area contributed by atoms with E-state index in [0.717, 1.165) is 37.2 Å². The van der Waals surface area contributed by atoms with Crippen LogP contribution in [0, 0.1) is 5.92 Å². The molecule has 1 unspecified atom stereocenters. The number of rotatable bonds is 2. The lowest BCUT2D eigenvalue weighted by Gasteiger charge is -2.38. The minimum atomic E-state index is 0.157. The van der Waals surface area contributed by atoms with Gasteiger partial charge in [0, 0.05) is 25.1 Å². The lowest BCUT2D eigenvalue weighted by molar-refractivity contribution is -0.117. The van der Waals surface area contributed by atoms with Gasteiger partial charge in [0.1, 0.15) is 0 Å². The number of benzene rings is 1. The van der Waals surface area contributed by atoms with Crippen molar-refractivity contribution in [2.45, 2.75) is 38.6 Å². The van der Waals surface area contributed by atoms with Gasteiger partial charge in [-0.25, -0.2) is 0 Å². The molecule has 1 amide bonds. The SMILES string of the molecule is C=C1CC(C2CC2)N(C(C)=O)c2ccc(C3=CCNCC3)cc21. The molecule has 2 aliphatic heterocycles. The molecule has 1 aromatic carbocycles. The highest BCUT2D eigenvalue weighted by Crippen LogP contribution is 2.46. The van der Waals surface area contributed by atoms with Gasteiger partial charge in [-0.2, -0.15) is 0 Å². The van der Waals surface area contributed by atoms with Crippen LogP contribution >= 0.6 is 0 Å². The minimum absolute atomic E-state index is 0.157. The van der Waals surface area contributed by atoms with Crippen molar-refractivity contribution >= 4 is 22.7 Å². The summed E-state index contributed by atoms with van der Waals surface area (Å²) in [5.74, 6) is 0.820. The molecule has 1 atom stereocenters. The van der Waals surface area contributed by atoms with Gasteiger partial charge in [-0.05, 0) is 67.0 Å². The van der Waals surface area contributed by atoms with Gasteiger partial charge in [-0.15, -0.1) is 0 Å². The molecule has 3 heteroatoms. The number of nitrogens with one attached hydrogen (secondary N) is 1. The van der Waals surface area contributed by atoms with E-state index >= 15 is 0 Å². The molecular weight excluding hydrogens is 284 g/mol. The van der Waals surface area contributed by atoms with Gasteiger partial charge in [-0.1, -0.05) is 18.7 Å². The van der Waals surface area contributed by atoms with E-state index in [1.165, 1.54) is 29.6 Å². The molecule has 0 radical (unpaired) electrons. The van der Waals surface area contributed by atoms with Crippen LogP contribution in [0.5, 0.6) is 0 Å². The lowest BCUT2D eigenvalue weighted by atomic mass is 9.87. The van der Waals surface area contributed by atoms with Gasteiger partial charge < -0.3 is 10.2 Å². The summed E-state index contributed by atoms with van der Waals surface area (Å²) < 4.78 is 0. The zero-order chi connectivity index (χ0) is 16.0. The normalized spacial score (nSPS) is 24.2. The number of hydrogen-bond donors (Lipinski definition) is 1. The van der Waals surface area contributed by atoms with Crippen molar-refractivity contribution < 1.29 is 4.79 Å². The molecule has 1 N–H and O–H groups in total. The second kappa shape index (κ2) is 5.64. The first-order chi connectivity index (χ1) is 11.1. The molecule has 3 nitrogen and oxygen atoms in total. The summed E-state index contributed by atoms with van der Waals surface area (Å²) in [7, 11) is 0. The predicted octanol–water partition coefficient (Wildman–Crippen LogP) is 3.61. The Morgan fingerprint density at radius 2 is 2.17 bits per heavy atom. The summed E-state index contributed by atoms with van der Waals surface area (Å²) in [6.07, 6.45) is 6.74. The first-order valence-electron chi connectivity index (χ1n) is 8.67. The van der Waals surface area contributed by atoms with Crippen molar-refractivity contribution in [2.75, 3.05) is 18.0 Å². The smallest absolute Gasteiger partial charge is 0.224 e. The maximum absolute atomic E-state index is 12.3. The van der Waals surface area contributed by atoms with E-state index in [1.54, 1.807) is 6.92 Å². The number of nitrogens with zero attached hydrogens (tertiary/aromatic N) is 1. The highest BCUT2D eigenvalue weighted by molar-refractivity contribution is 5.98. The molecule has 23 heavy (non-hydrogen) atoms. The van der Waals surface area contributed by atoms with Crippen molar-refractivity contribution in [3.8, 4) is 0 Å². The van der Waals surface area contributed by atoms with Crippen LogP contribution in [0.1, 0.15) is 43.7 Å². The molecular formula is C20H24N2O. The van der Waals surface area contributed by atoms with Crippen molar-refractivity contribution in [1.29, 1.82) is 0 Å². The Labute approximate surface area is 138 Å². The number of carbonyl (C=O) groups is 1. The second-order valence-electron chi connectivity index (χ2n) is 7.02. The number of hydrogen-bond acceptors (Lipinski definition) is 2. The molecule has 0 bridgehead atoms. The fourth-order valence-corrected chi connectivity index (χ4v) is 4.01. The van der Waals surface area contributed by atoms with E-state index in [4.69, 9.17) is 0 Å². The monoisotopic (exact) mass is 308 g/mol. The van der Waals surface area contributed by atoms with Gasteiger partial charge in [0.2, 0.25) is 5.91 Å². The average molecular weight is 308 g/mol. The molecule has 0 saturated heterocycles. The Bertz CT molecular complexity index is 700. The van der Waals surface area contributed by atoms with Crippen molar-refractivity contribution in [3.05, 3.63) is 42.0 Å². The third-order valence-corrected chi connectivity index (χ3v) is 5.36.